The Morgan fingerprint density at radius 3 is 3.07 bits per heavy atom. The van der Waals surface area contributed by atoms with Gasteiger partial charge < -0.3 is 4.74 Å². The van der Waals surface area contributed by atoms with Gasteiger partial charge in [-0.05, 0) is 37.5 Å². The van der Waals surface area contributed by atoms with Crippen molar-refractivity contribution in [3.63, 3.8) is 0 Å². The molecule has 1 amide bonds. The standard InChI is InChI=1S/C12H15NO2/c1-3-15-12(14)13-7-6-10-5-4-9(2)11(13)8-10/h4-5,8H,3,6-7H2,1-2H3. The van der Waals surface area contributed by atoms with Gasteiger partial charge in [0, 0.05) is 6.54 Å². The molecular weight excluding hydrogens is 190 g/mol. The minimum absolute atomic E-state index is 0.238. The monoisotopic (exact) mass is 205 g/mol. The number of carbonyl (C=O) groups excluding carboxylic acids is 1. The molecule has 80 valence electrons. The molecule has 0 unspecified atom stereocenters. The molecule has 0 fully saturated rings. The first-order chi connectivity index (χ1) is 7.22. The molecule has 15 heavy (non-hydrogen) atoms. The van der Waals surface area contributed by atoms with E-state index in [-0.39, 0.29) is 6.09 Å². The maximum Gasteiger partial charge on any atom is 0.414 e. The van der Waals surface area contributed by atoms with Gasteiger partial charge in [0.2, 0.25) is 0 Å². The molecule has 0 radical (unpaired) electrons. The number of aryl methyl sites for hydroxylation is 1. The highest BCUT2D eigenvalue weighted by Crippen LogP contribution is 2.26. The van der Waals surface area contributed by atoms with Crippen molar-refractivity contribution in [3.8, 4) is 0 Å². The summed E-state index contributed by atoms with van der Waals surface area (Å²) in [6.07, 6.45) is 0.670. The molecular formula is C12H15NO2. The maximum atomic E-state index is 11.7. The van der Waals surface area contributed by atoms with Gasteiger partial charge in [-0.1, -0.05) is 12.1 Å². The first-order valence-corrected chi connectivity index (χ1v) is 5.26. The summed E-state index contributed by atoms with van der Waals surface area (Å²) < 4.78 is 5.02. The van der Waals surface area contributed by atoms with Crippen molar-refractivity contribution in [1.29, 1.82) is 0 Å². The predicted molar refractivity (Wildman–Crippen MR) is 59.3 cm³/mol. The zero-order chi connectivity index (χ0) is 10.8. The number of hydrogen-bond donors (Lipinski definition) is 0. The number of carbonyl (C=O) groups is 1. The summed E-state index contributed by atoms with van der Waals surface area (Å²) in [4.78, 5) is 13.4. The lowest BCUT2D eigenvalue weighted by molar-refractivity contribution is 0.159. The number of anilines is 1. The lowest BCUT2D eigenvalue weighted by atomic mass is 10.0. The smallest absolute Gasteiger partial charge is 0.414 e. The van der Waals surface area contributed by atoms with Crippen molar-refractivity contribution in [1.82, 2.24) is 0 Å². The van der Waals surface area contributed by atoms with E-state index in [9.17, 15) is 4.79 Å². The minimum Gasteiger partial charge on any atom is -0.449 e. The molecule has 0 aromatic heterocycles. The van der Waals surface area contributed by atoms with Crippen LogP contribution in [0.3, 0.4) is 0 Å². The Morgan fingerprint density at radius 1 is 1.53 bits per heavy atom. The molecule has 1 aliphatic rings. The van der Waals surface area contributed by atoms with Crippen molar-refractivity contribution >= 4 is 11.8 Å². The number of benzene rings is 1. The Bertz CT molecular complexity index is 387. The van der Waals surface area contributed by atoms with E-state index in [1.165, 1.54) is 5.56 Å². The Balaban J connectivity index is 2.30. The first-order valence-electron chi connectivity index (χ1n) is 5.26. The van der Waals surface area contributed by atoms with Crippen LogP contribution in [0.5, 0.6) is 0 Å². The summed E-state index contributed by atoms with van der Waals surface area (Å²) in [5, 5.41) is 0. The molecule has 3 heteroatoms. The van der Waals surface area contributed by atoms with E-state index in [1.54, 1.807) is 4.90 Å². The second kappa shape index (κ2) is 3.93. The molecule has 0 saturated carbocycles. The van der Waals surface area contributed by atoms with Crippen LogP contribution in [0.2, 0.25) is 0 Å². The van der Waals surface area contributed by atoms with Crippen LogP contribution >= 0.6 is 0 Å². The topological polar surface area (TPSA) is 29.5 Å². The van der Waals surface area contributed by atoms with E-state index in [1.807, 2.05) is 13.8 Å². The highest BCUT2D eigenvalue weighted by atomic mass is 16.6. The number of ether oxygens (including phenoxy) is 1. The van der Waals surface area contributed by atoms with Gasteiger partial charge in [0.15, 0.2) is 0 Å². The maximum absolute atomic E-state index is 11.7. The van der Waals surface area contributed by atoms with E-state index in [2.05, 4.69) is 18.2 Å². The predicted octanol–water partition coefficient (Wildman–Crippen LogP) is 2.51. The quantitative estimate of drug-likeness (QED) is 0.705. The number of hydrogen-bond acceptors (Lipinski definition) is 2. The summed E-state index contributed by atoms with van der Waals surface area (Å²) in [6, 6.07) is 6.23. The summed E-state index contributed by atoms with van der Waals surface area (Å²) in [5.74, 6) is 0. The third kappa shape index (κ3) is 1.82. The van der Waals surface area contributed by atoms with Crippen LogP contribution in [0.15, 0.2) is 18.2 Å². The first kappa shape index (κ1) is 10.0. The Kier molecular flexibility index (Phi) is 2.62. The molecule has 0 aliphatic carbocycles. The second-order valence-corrected chi connectivity index (χ2v) is 3.72. The zero-order valence-electron chi connectivity index (χ0n) is 9.12. The van der Waals surface area contributed by atoms with Crippen molar-refractivity contribution in [2.75, 3.05) is 18.1 Å². The van der Waals surface area contributed by atoms with Gasteiger partial charge in [-0.25, -0.2) is 4.79 Å². The van der Waals surface area contributed by atoms with Gasteiger partial charge in [-0.3, -0.25) is 4.90 Å². The van der Waals surface area contributed by atoms with Crippen LogP contribution < -0.4 is 4.90 Å². The number of fused-ring (bicyclic) bond motifs is 2. The molecule has 2 bridgehead atoms. The summed E-state index contributed by atoms with van der Waals surface area (Å²) in [5.41, 5.74) is 3.39. The lowest BCUT2D eigenvalue weighted by Gasteiger charge is -2.28. The van der Waals surface area contributed by atoms with E-state index < -0.39 is 0 Å². The van der Waals surface area contributed by atoms with Gasteiger partial charge in [-0.2, -0.15) is 0 Å². The van der Waals surface area contributed by atoms with Crippen LogP contribution in [-0.4, -0.2) is 19.2 Å². The van der Waals surface area contributed by atoms with Gasteiger partial charge in [0.05, 0.1) is 12.3 Å². The van der Waals surface area contributed by atoms with Crippen LogP contribution in [0.4, 0.5) is 10.5 Å². The molecule has 0 N–H and O–H groups in total. The molecule has 0 atom stereocenters. The third-order valence-corrected chi connectivity index (χ3v) is 2.68. The molecule has 1 heterocycles. The van der Waals surface area contributed by atoms with Crippen molar-refractivity contribution in [3.05, 3.63) is 29.3 Å². The SMILES string of the molecule is CCOC(=O)N1CCc2ccc(C)c1c2. The van der Waals surface area contributed by atoms with E-state index in [0.29, 0.717) is 6.61 Å². The number of amides is 1. The number of rotatable bonds is 1. The van der Waals surface area contributed by atoms with Crippen molar-refractivity contribution in [2.45, 2.75) is 20.3 Å². The van der Waals surface area contributed by atoms with Gasteiger partial charge in [-0.15, -0.1) is 0 Å². The summed E-state index contributed by atoms with van der Waals surface area (Å²) >= 11 is 0. The van der Waals surface area contributed by atoms with E-state index in [0.717, 1.165) is 24.2 Å². The number of nitrogens with zero attached hydrogens (tertiary/aromatic N) is 1. The average molecular weight is 205 g/mol. The molecule has 1 aliphatic heterocycles. The summed E-state index contributed by atoms with van der Waals surface area (Å²) in [6.45, 7) is 4.98. The highest BCUT2D eigenvalue weighted by Gasteiger charge is 2.22. The molecule has 3 nitrogen and oxygen atoms in total. The fourth-order valence-corrected chi connectivity index (χ4v) is 1.85. The third-order valence-electron chi connectivity index (χ3n) is 2.68. The fourth-order valence-electron chi connectivity index (χ4n) is 1.85. The van der Waals surface area contributed by atoms with Gasteiger partial charge in [0.1, 0.15) is 0 Å². The Hall–Kier alpha value is -1.51. The largest absolute Gasteiger partial charge is 0.449 e. The molecule has 1 aromatic carbocycles. The Morgan fingerprint density at radius 2 is 2.33 bits per heavy atom. The highest BCUT2D eigenvalue weighted by molar-refractivity contribution is 5.89. The van der Waals surface area contributed by atoms with Gasteiger partial charge >= 0.3 is 6.09 Å². The normalized spacial score (nSPS) is 13.9. The Labute approximate surface area is 89.7 Å². The molecule has 0 spiro atoms. The molecule has 0 saturated heterocycles. The zero-order valence-corrected chi connectivity index (χ0v) is 9.12. The van der Waals surface area contributed by atoms with Crippen LogP contribution in [0.1, 0.15) is 18.1 Å². The lowest BCUT2D eigenvalue weighted by Crippen LogP contribution is -2.36. The van der Waals surface area contributed by atoms with E-state index >= 15 is 0 Å². The van der Waals surface area contributed by atoms with Gasteiger partial charge in [0.25, 0.3) is 0 Å². The fraction of sp³-hybridized carbons (Fsp3) is 0.417. The van der Waals surface area contributed by atoms with E-state index in [4.69, 9.17) is 4.74 Å². The minimum atomic E-state index is -0.238. The second-order valence-electron chi connectivity index (χ2n) is 3.72. The van der Waals surface area contributed by atoms with Crippen molar-refractivity contribution < 1.29 is 9.53 Å². The average Bonchev–Trinajstić information content (AvgIpc) is 2.24. The van der Waals surface area contributed by atoms with Crippen LogP contribution in [0, 0.1) is 6.92 Å². The van der Waals surface area contributed by atoms with Crippen LogP contribution in [0.25, 0.3) is 0 Å². The summed E-state index contributed by atoms with van der Waals surface area (Å²) in [7, 11) is 0. The molecule has 2 rings (SSSR count). The molecule has 1 aromatic rings. The van der Waals surface area contributed by atoms with Crippen molar-refractivity contribution in [2.24, 2.45) is 0 Å². The van der Waals surface area contributed by atoms with Crippen LogP contribution in [-0.2, 0) is 11.2 Å².